The first kappa shape index (κ1) is 63.5. The van der Waals surface area contributed by atoms with Crippen LogP contribution in [0.2, 0.25) is 0 Å². The Labute approximate surface area is 482 Å². The lowest BCUT2D eigenvalue weighted by Gasteiger charge is -2.20. The number of unbranched alkanes of at least 4 members (excludes halogenated alkanes) is 15. The zero-order valence-corrected chi connectivity index (χ0v) is 49.7. The van der Waals surface area contributed by atoms with E-state index in [1.807, 2.05) is 6.07 Å². The molecule has 0 aliphatic carbocycles. The maximum Gasteiger partial charge on any atom is 0.302 e. The number of ether oxygens (including phenoxy) is 9. The van der Waals surface area contributed by atoms with E-state index in [1.54, 1.807) is 0 Å². The summed E-state index contributed by atoms with van der Waals surface area (Å²) >= 11 is 0. The third kappa shape index (κ3) is 22.0. The van der Waals surface area contributed by atoms with E-state index in [9.17, 15) is 14.4 Å². The second-order valence-corrected chi connectivity index (χ2v) is 21.2. The summed E-state index contributed by atoms with van der Waals surface area (Å²) in [5, 5.41) is 6.10. The van der Waals surface area contributed by atoms with Crippen LogP contribution in [0.15, 0.2) is 84.9 Å². The van der Waals surface area contributed by atoms with Crippen molar-refractivity contribution in [2.24, 2.45) is 0 Å². The second kappa shape index (κ2) is 35.9. The molecule has 6 aromatic rings. The number of hydrogen-bond acceptors (Lipinski definition) is 12. The number of hydrogen-bond donors (Lipinski definition) is 0. The summed E-state index contributed by atoms with van der Waals surface area (Å²) in [7, 11) is 0. The van der Waals surface area contributed by atoms with Gasteiger partial charge in [0.2, 0.25) is 0 Å². The van der Waals surface area contributed by atoms with Gasteiger partial charge in [0.05, 0.1) is 59.5 Å². The van der Waals surface area contributed by atoms with Crippen LogP contribution in [-0.4, -0.2) is 77.4 Å². The molecule has 0 amide bonds. The highest BCUT2D eigenvalue weighted by molar-refractivity contribution is 6.13. The molecular weight excluding hydrogens is 1020 g/mol. The van der Waals surface area contributed by atoms with Gasteiger partial charge in [-0.1, -0.05) is 71.4 Å². The van der Waals surface area contributed by atoms with Crippen LogP contribution in [0.3, 0.4) is 0 Å². The van der Waals surface area contributed by atoms with E-state index in [2.05, 4.69) is 99.6 Å². The molecule has 0 atom stereocenters. The van der Waals surface area contributed by atoms with Crippen LogP contribution in [0.4, 0.5) is 0 Å². The van der Waals surface area contributed by atoms with E-state index in [4.69, 9.17) is 42.6 Å². The van der Waals surface area contributed by atoms with Crippen LogP contribution in [0, 0.1) is 0 Å². The van der Waals surface area contributed by atoms with E-state index in [-0.39, 0.29) is 17.9 Å². The van der Waals surface area contributed by atoms with Crippen molar-refractivity contribution in [3.63, 3.8) is 0 Å². The Hall–Kier alpha value is -6.69. The standard InChI is InChI=1S/C69H92O12/c1-7-10-12-13-24-38-78-58-42-55-29-31-57(77-37-25-17-14-21-33-73-51(4)70)44-63(55)65(46-58)67-48-61(81-40-27-19-16-23-35-75-53(6)72)50-69-66(47-60(49-68(67)69)80-36-20-11-8-2)64-45-59(79-39-26-18-15-22-34-74-52(5)71)41-54-28-30-56(43-62(54)64)76-32-9-3/h28-31,41-50H,7-27,32-40H2,1-6H3. The first-order valence-corrected chi connectivity index (χ1v) is 30.5. The largest absolute Gasteiger partial charge is 0.494 e. The Bertz CT molecular complexity index is 2870. The average Bonchev–Trinajstić information content (AvgIpc) is 3.48. The molecule has 0 radical (unpaired) electrons. The molecular formula is C69H92O12. The lowest BCUT2D eigenvalue weighted by atomic mass is 9.88. The highest BCUT2D eigenvalue weighted by Gasteiger charge is 2.21. The Morgan fingerprint density at radius 1 is 0.272 bits per heavy atom. The fraction of sp³-hybridized carbons (Fsp3) is 0.522. The molecule has 0 N–H and O–H groups in total. The van der Waals surface area contributed by atoms with E-state index in [0.717, 1.165) is 205 Å². The third-order valence-corrected chi connectivity index (χ3v) is 14.2. The fourth-order valence-corrected chi connectivity index (χ4v) is 9.98. The molecule has 81 heavy (non-hydrogen) atoms. The molecule has 0 bridgehead atoms. The maximum absolute atomic E-state index is 11.4. The van der Waals surface area contributed by atoms with E-state index < -0.39 is 0 Å². The first-order valence-electron chi connectivity index (χ1n) is 30.5. The summed E-state index contributed by atoms with van der Waals surface area (Å²) in [6, 6.07) is 30.0. The molecule has 440 valence electrons. The number of carbonyl (C=O) groups is 3. The molecule has 0 spiro atoms. The molecule has 0 heterocycles. The smallest absolute Gasteiger partial charge is 0.302 e. The molecule has 12 heteroatoms. The van der Waals surface area contributed by atoms with Crippen LogP contribution >= 0.6 is 0 Å². The molecule has 0 aliphatic heterocycles. The molecule has 0 unspecified atom stereocenters. The quantitative estimate of drug-likeness (QED) is 0.0205. The number of benzene rings is 6. The molecule has 0 saturated heterocycles. The number of esters is 3. The van der Waals surface area contributed by atoms with Gasteiger partial charge in [0.25, 0.3) is 0 Å². The van der Waals surface area contributed by atoms with Crippen LogP contribution in [0.25, 0.3) is 54.6 Å². The van der Waals surface area contributed by atoms with E-state index in [1.165, 1.54) is 40.0 Å². The first-order chi connectivity index (χ1) is 39.6. The lowest BCUT2D eigenvalue weighted by Crippen LogP contribution is -2.02. The third-order valence-electron chi connectivity index (χ3n) is 14.2. The van der Waals surface area contributed by atoms with E-state index >= 15 is 0 Å². The number of fused-ring (bicyclic) bond motifs is 3. The highest BCUT2D eigenvalue weighted by atomic mass is 16.5. The second-order valence-electron chi connectivity index (χ2n) is 21.2. The zero-order chi connectivity index (χ0) is 57.4. The van der Waals surface area contributed by atoms with Gasteiger partial charge >= 0.3 is 17.9 Å². The predicted octanol–water partition coefficient (Wildman–Crippen LogP) is 17.7. The summed E-state index contributed by atoms with van der Waals surface area (Å²) < 4.78 is 55.3. The molecule has 0 aliphatic rings. The van der Waals surface area contributed by atoms with Crippen molar-refractivity contribution >= 4 is 50.2 Å². The van der Waals surface area contributed by atoms with Crippen LogP contribution < -0.4 is 28.4 Å². The molecule has 6 aromatic carbocycles. The van der Waals surface area contributed by atoms with Gasteiger partial charge in [0.1, 0.15) is 34.5 Å². The summed E-state index contributed by atoms with van der Waals surface area (Å²) in [6.45, 7) is 15.6. The van der Waals surface area contributed by atoms with Gasteiger partial charge in [-0.2, -0.15) is 0 Å². The summed E-state index contributed by atoms with van der Waals surface area (Å²) in [5.41, 5.74) is 3.93. The summed E-state index contributed by atoms with van der Waals surface area (Å²) in [6.07, 6.45) is 20.3. The minimum absolute atomic E-state index is 0.245. The molecule has 0 aromatic heterocycles. The van der Waals surface area contributed by atoms with Gasteiger partial charge in [-0.25, -0.2) is 0 Å². The molecule has 0 fully saturated rings. The van der Waals surface area contributed by atoms with Crippen molar-refractivity contribution in [3.8, 4) is 56.8 Å². The van der Waals surface area contributed by atoms with Gasteiger partial charge in [-0.05, 0) is 224 Å². The topological polar surface area (TPSA) is 134 Å². The van der Waals surface area contributed by atoms with Gasteiger partial charge in [0.15, 0.2) is 0 Å². The fourth-order valence-electron chi connectivity index (χ4n) is 9.98. The minimum atomic E-state index is -0.254. The number of carbonyl (C=O) groups excluding carboxylic acids is 3. The van der Waals surface area contributed by atoms with Crippen LogP contribution in [0.5, 0.6) is 34.5 Å². The monoisotopic (exact) mass is 1110 g/mol. The Morgan fingerprint density at radius 3 is 0.889 bits per heavy atom. The van der Waals surface area contributed by atoms with Crippen molar-refractivity contribution in [2.45, 2.75) is 176 Å². The Balaban J connectivity index is 1.51. The highest BCUT2D eigenvalue weighted by Crippen LogP contribution is 2.47. The van der Waals surface area contributed by atoms with Crippen molar-refractivity contribution in [1.82, 2.24) is 0 Å². The van der Waals surface area contributed by atoms with Gasteiger partial charge in [-0.3, -0.25) is 14.4 Å². The van der Waals surface area contributed by atoms with Gasteiger partial charge in [-0.15, -0.1) is 0 Å². The van der Waals surface area contributed by atoms with Crippen molar-refractivity contribution in [3.05, 3.63) is 84.9 Å². The SMILES string of the molecule is CCCCCCCOc1cc(-c2cc(OCCCCCCOC(C)=O)cc3c(-c4cc(OCCCCCCOC(C)=O)cc5ccc(OCCC)cc45)cc(OCCCCC)cc23)c2cc(OCCCCCCOC(C)=O)ccc2c1. The van der Waals surface area contributed by atoms with Crippen molar-refractivity contribution in [2.75, 3.05) is 59.5 Å². The average molecular weight is 1110 g/mol. The lowest BCUT2D eigenvalue weighted by molar-refractivity contribution is -0.142. The van der Waals surface area contributed by atoms with Crippen molar-refractivity contribution < 1.29 is 57.0 Å². The zero-order valence-electron chi connectivity index (χ0n) is 49.7. The van der Waals surface area contributed by atoms with Gasteiger partial charge in [0, 0.05) is 20.8 Å². The molecule has 12 nitrogen and oxygen atoms in total. The normalized spacial score (nSPS) is 11.2. The van der Waals surface area contributed by atoms with Gasteiger partial charge < -0.3 is 42.6 Å². The number of rotatable bonds is 41. The maximum atomic E-state index is 11.4. The predicted molar refractivity (Wildman–Crippen MR) is 327 cm³/mol. The van der Waals surface area contributed by atoms with Crippen molar-refractivity contribution in [1.29, 1.82) is 0 Å². The Morgan fingerprint density at radius 2 is 0.543 bits per heavy atom. The molecule has 6 rings (SSSR count). The Kier molecular flexibility index (Phi) is 28.2. The van der Waals surface area contributed by atoms with Crippen LogP contribution in [0.1, 0.15) is 176 Å². The van der Waals surface area contributed by atoms with E-state index in [0.29, 0.717) is 59.5 Å². The summed E-state index contributed by atoms with van der Waals surface area (Å²) in [4.78, 5) is 34.0. The minimum Gasteiger partial charge on any atom is -0.494 e. The molecule has 0 saturated carbocycles. The van der Waals surface area contributed by atoms with Crippen LogP contribution in [-0.2, 0) is 28.6 Å². The summed E-state index contributed by atoms with van der Waals surface area (Å²) in [5.74, 6) is 3.91.